The minimum absolute atomic E-state index is 0.0750. The quantitative estimate of drug-likeness (QED) is 0.862. The molecule has 0 saturated heterocycles. The molecule has 0 atom stereocenters. The van der Waals surface area contributed by atoms with Gasteiger partial charge in [0.05, 0.1) is 12.4 Å². The predicted octanol–water partition coefficient (Wildman–Crippen LogP) is 2.48. The second-order valence-corrected chi connectivity index (χ2v) is 3.73. The summed E-state index contributed by atoms with van der Waals surface area (Å²) in [6.07, 6.45) is 3.60. The number of carboxylic acids is 1. The normalized spacial score (nSPS) is 10.1. The van der Waals surface area contributed by atoms with Crippen molar-refractivity contribution in [1.82, 2.24) is 9.97 Å². The molecule has 2 aromatic rings. The number of carbonyl (C=O) groups is 1. The van der Waals surface area contributed by atoms with Crippen LogP contribution in [0, 0.1) is 0 Å². The van der Waals surface area contributed by atoms with Crippen LogP contribution in [0.1, 0.15) is 23.0 Å². The van der Waals surface area contributed by atoms with Gasteiger partial charge in [-0.1, -0.05) is 25.1 Å². The maximum atomic E-state index is 10.8. The van der Waals surface area contributed by atoms with Crippen LogP contribution in [0.25, 0.3) is 0 Å². The van der Waals surface area contributed by atoms with E-state index in [2.05, 4.69) is 22.2 Å². The fourth-order valence-corrected chi connectivity index (χ4v) is 1.62. The van der Waals surface area contributed by atoms with Crippen molar-refractivity contribution in [3.05, 3.63) is 47.9 Å². The Morgan fingerprint density at radius 1 is 1.33 bits per heavy atom. The standard InChI is InChI=1S/C13H13N3O2/c1-2-9-5-3-4-6-10(9)15-12-8-14-7-11(16-12)13(17)18/h3-8H,2H2,1H3,(H,15,16)(H,17,18). The van der Waals surface area contributed by atoms with E-state index in [9.17, 15) is 4.79 Å². The summed E-state index contributed by atoms with van der Waals surface area (Å²) in [5.74, 6) is -0.661. The molecular formula is C13H13N3O2. The van der Waals surface area contributed by atoms with Crippen LogP contribution in [0.3, 0.4) is 0 Å². The number of aryl methyl sites for hydroxylation is 1. The summed E-state index contributed by atoms with van der Waals surface area (Å²) in [4.78, 5) is 18.6. The summed E-state index contributed by atoms with van der Waals surface area (Å²) in [5.41, 5.74) is 1.98. The molecule has 0 saturated carbocycles. The summed E-state index contributed by atoms with van der Waals surface area (Å²) >= 11 is 0. The number of carboxylic acid groups (broad SMARTS) is 1. The lowest BCUT2D eigenvalue weighted by Gasteiger charge is -2.09. The van der Waals surface area contributed by atoms with Crippen molar-refractivity contribution < 1.29 is 9.90 Å². The number of aromatic carboxylic acids is 1. The first kappa shape index (κ1) is 12.0. The van der Waals surface area contributed by atoms with Crippen LogP contribution in [0.15, 0.2) is 36.7 Å². The molecule has 0 aliphatic heterocycles. The topological polar surface area (TPSA) is 75.1 Å². The molecule has 1 heterocycles. The highest BCUT2D eigenvalue weighted by molar-refractivity contribution is 5.85. The van der Waals surface area contributed by atoms with Crippen LogP contribution in [0.4, 0.5) is 11.5 Å². The van der Waals surface area contributed by atoms with Gasteiger partial charge < -0.3 is 10.4 Å². The molecule has 0 aliphatic carbocycles. The van der Waals surface area contributed by atoms with E-state index in [-0.39, 0.29) is 5.69 Å². The van der Waals surface area contributed by atoms with Crippen LogP contribution < -0.4 is 5.32 Å². The van der Waals surface area contributed by atoms with Crippen LogP contribution in [-0.4, -0.2) is 21.0 Å². The van der Waals surface area contributed by atoms with E-state index < -0.39 is 5.97 Å². The molecule has 0 aliphatic rings. The van der Waals surface area contributed by atoms with Crippen LogP contribution >= 0.6 is 0 Å². The molecule has 0 spiro atoms. The Kier molecular flexibility index (Phi) is 3.52. The highest BCUT2D eigenvalue weighted by Gasteiger charge is 2.07. The fourth-order valence-electron chi connectivity index (χ4n) is 1.62. The maximum Gasteiger partial charge on any atom is 0.356 e. The second-order valence-electron chi connectivity index (χ2n) is 3.73. The first-order valence-corrected chi connectivity index (χ1v) is 5.61. The van der Waals surface area contributed by atoms with Crippen molar-refractivity contribution in [2.75, 3.05) is 5.32 Å². The number of hydrogen-bond acceptors (Lipinski definition) is 4. The van der Waals surface area contributed by atoms with Crippen LogP contribution in [0.5, 0.6) is 0 Å². The Bertz CT molecular complexity index is 570. The molecule has 1 aromatic heterocycles. The van der Waals surface area contributed by atoms with Crippen molar-refractivity contribution in [2.24, 2.45) is 0 Å². The Morgan fingerprint density at radius 2 is 2.11 bits per heavy atom. The molecule has 0 bridgehead atoms. The number of nitrogens with zero attached hydrogens (tertiary/aromatic N) is 2. The van der Waals surface area contributed by atoms with E-state index in [1.165, 1.54) is 12.4 Å². The maximum absolute atomic E-state index is 10.8. The SMILES string of the molecule is CCc1ccccc1Nc1cncc(C(=O)O)n1. The number of anilines is 2. The Hall–Kier alpha value is -2.43. The molecule has 2 N–H and O–H groups in total. The van der Waals surface area contributed by atoms with E-state index >= 15 is 0 Å². The van der Waals surface area contributed by atoms with Crippen LogP contribution in [0.2, 0.25) is 0 Å². The van der Waals surface area contributed by atoms with Gasteiger partial charge in [-0.2, -0.15) is 0 Å². The summed E-state index contributed by atoms with van der Waals surface area (Å²) < 4.78 is 0. The monoisotopic (exact) mass is 243 g/mol. The number of rotatable bonds is 4. The number of benzene rings is 1. The molecule has 0 unspecified atom stereocenters. The van der Waals surface area contributed by atoms with E-state index in [0.717, 1.165) is 17.7 Å². The highest BCUT2D eigenvalue weighted by Crippen LogP contribution is 2.19. The second kappa shape index (κ2) is 5.27. The molecule has 2 rings (SSSR count). The Morgan fingerprint density at radius 3 is 2.83 bits per heavy atom. The van der Waals surface area contributed by atoms with Gasteiger partial charge in [0.25, 0.3) is 0 Å². The van der Waals surface area contributed by atoms with Crippen LogP contribution in [-0.2, 0) is 6.42 Å². The van der Waals surface area contributed by atoms with Crippen molar-refractivity contribution in [3.63, 3.8) is 0 Å². The molecule has 5 heteroatoms. The summed E-state index contributed by atoms with van der Waals surface area (Å²) in [6, 6.07) is 7.81. The lowest BCUT2D eigenvalue weighted by Crippen LogP contribution is -2.04. The third-order valence-electron chi connectivity index (χ3n) is 2.51. The van der Waals surface area contributed by atoms with E-state index in [1.807, 2.05) is 24.3 Å². The summed E-state index contributed by atoms with van der Waals surface area (Å²) in [7, 11) is 0. The van der Waals surface area contributed by atoms with Gasteiger partial charge >= 0.3 is 5.97 Å². The van der Waals surface area contributed by atoms with Crippen molar-refractivity contribution in [3.8, 4) is 0 Å². The third kappa shape index (κ3) is 2.63. The summed E-state index contributed by atoms with van der Waals surface area (Å²) in [6.45, 7) is 2.06. The van der Waals surface area contributed by atoms with Gasteiger partial charge in [-0.05, 0) is 18.1 Å². The van der Waals surface area contributed by atoms with Crippen molar-refractivity contribution >= 4 is 17.5 Å². The zero-order chi connectivity index (χ0) is 13.0. The van der Waals surface area contributed by atoms with Gasteiger partial charge in [-0.25, -0.2) is 9.78 Å². The number of para-hydroxylation sites is 1. The lowest BCUT2D eigenvalue weighted by molar-refractivity contribution is 0.0690. The minimum atomic E-state index is -1.09. The van der Waals surface area contributed by atoms with Gasteiger partial charge in [-0.15, -0.1) is 0 Å². The molecule has 18 heavy (non-hydrogen) atoms. The zero-order valence-electron chi connectivity index (χ0n) is 9.92. The molecule has 0 fully saturated rings. The first-order valence-electron chi connectivity index (χ1n) is 5.61. The lowest BCUT2D eigenvalue weighted by atomic mass is 10.1. The Balaban J connectivity index is 2.28. The molecule has 0 radical (unpaired) electrons. The molecule has 5 nitrogen and oxygen atoms in total. The highest BCUT2D eigenvalue weighted by atomic mass is 16.4. The molecule has 1 aromatic carbocycles. The first-order chi connectivity index (χ1) is 8.70. The van der Waals surface area contributed by atoms with Gasteiger partial charge in [0.15, 0.2) is 5.69 Å². The average molecular weight is 243 g/mol. The van der Waals surface area contributed by atoms with Gasteiger partial charge in [-0.3, -0.25) is 4.98 Å². The smallest absolute Gasteiger partial charge is 0.356 e. The van der Waals surface area contributed by atoms with Gasteiger partial charge in [0.2, 0.25) is 0 Å². The number of aromatic nitrogens is 2. The van der Waals surface area contributed by atoms with Crippen molar-refractivity contribution in [1.29, 1.82) is 0 Å². The number of nitrogens with one attached hydrogen (secondary N) is 1. The summed E-state index contributed by atoms with van der Waals surface area (Å²) in [5, 5.41) is 11.9. The number of hydrogen-bond donors (Lipinski definition) is 2. The molecule has 92 valence electrons. The van der Waals surface area contributed by atoms with E-state index in [0.29, 0.717) is 5.82 Å². The van der Waals surface area contributed by atoms with Gasteiger partial charge in [0.1, 0.15) is 5.82 Å². The third-order valence-corrected chi connectivity index (χ3v) is 2.51. The largest absolute Gasteiger partial charge is 0.476 e. The van der Waals surface area contributed by atoms with Gasteiger partial charge in [0, 0.05) is 5.69 Å². The molecular weight excluding hydrogens is 230 g/mol. The van der Waals surface area contributed by atoms with E-state index in [4.69, 9.17) is 5.11 Å². The van der Waals surface area contributed by atoms with Crippen molar-refractivity contribution in [2.45, 2.75) is 13.3 Å². The fraction of sp³-hybridized carbons (Fsp3) is 0.154. The zero-order valence-corrected chi connectivity index (χ0v) is 9.92. The average Bonchev–Trinajstić information content (AvgIpc) is 2.39. The Labute approximate surface area is 105 Å². The van der Waals surface area contributed by atoms with E-state index in [1.54, 1.807) is 0 Å². The predicted molar refractivity (Wildman–Crippen MR) is 68.1 cm³/mol. The molecule has 0 amide bonds. The minimum Gasteiger partial charge on any atom is -0.476 e.